The molecule has 0 atom stereocenters. The van der Waals surface area contributed by atoms with Gasteiger partial charge in [0.25, 0.3) is 0 Å². The lowest BCUT2D eigenvalue weighted by atomic mass is 10.3. The van der Waals surface area contributed by atoms with Gasteiger partial charge < -0.3 is 15.1 Å². The summed E-state index contributed by atoms with van der Waals surface area (Å²) in [6.45, 7) is 7.21. The van der Waals surface area contributed by atoms with Gasteiger partial charge in [0.05, 0.1) is 18.1 Å². The number of hydrogen-bond acceptors (Lipinski definition) is 8. The van der Waals surface area contributed by atoms with Crippen LogP contribution in [0.25, 0.3) is 16.9 Å². The molecule has 0 amide bonds. The van der Waals surface area contributed by atoms with Crippen molar-refractivity contribution in [1.29, 1.82) is 0 Å². The summed E-state index contributed by atoms with van der Waals surface area (Å²) in [5, 5.41) is 18.5. The quantitative estimate of drug-likeness (QED) is 0.324. The van der Waals surface area contributed by atoms with Crippen LogP contribution in [-0.4, -0.2) is 89.7 Å². The van der Waals surface area contributed by atoms with Gasteiger partial charge in [-0.25, -0.2) is 19.6 Å². The van der Waals surface area contributed by atoms with Crippen molar-refractivity contribution in [3.05, 3.63) is 52.9 Å². The molecule has 1 fully saturated rings. The maximum atomic E-state index is 10.6. The van der Waals surface area contributed by atoms with E-state index in [4.69, 9.17) is 19.8 Å². The third-order valence-electron chi connectivity index (χ3n) is 5.74. The highest BCUT2D eigenvalue weighted by Crippen LogP contribution is 2.26. The number of alkyl halides is 6. The van der Waals surface area contributed by atoms with Crippen LogP contribution in [0.2, 0.25) is 0 Å². The fourth-order valence-electron chi connectivity index (χ4n) is 3.80. The first-order chi connectivity index (χ1) is 19.6. The average Bonchev–Trinajstić information content (AvgIpc) is 3.63. The second-order valence-corrected chi connectivity index (χ2v) is 10.2. The fraction of sp³-hybridized carbons (Fsp3) is 0.375. The molecule has 1 aliphatic rings. The van der Waals surface area contributed by atoms with Crippen LogP contribution in [0.4, 0.5) is 32.2 Å². The molecule has 4 aromatic heterocycles. The largest absolute Gasteiger partial charge is 0.490 e. The SMILES string of the molecule is Cc1ccc(CN2CCN(c3nccn4c(-c5cnn(C)c5)cnc34)CC2)s1.O=C(O)C(F)(F)F.O=C(O)C(F)(F)F. The minimum atomic E-state index is -5.08. The zero-order chi connectivity index (χ0) is 31.2. The Morgan fingerprint density at radius 3 is 2.02 bits per heavy atom. The van der Waals surface area contributed by atoms with Crippen LogP contribution in [0.1, 0.15) is 9.75 Å². The van der Waals surface area contributed by atoms with E-state index in [-0.39, 0.29) is 0 Å². The first kappa shape index (κ1) is 32.3. The zero-order valence-electron chi connectivity index (χ0n) is 22.1. The number of piperazine rings is 1. The van der Waals surface area contributed by atoms with Crippen molar-refractivity contribution in [2.24, 2.45) is 7.05 Å². The highest BCUT2D eigenvalue weighted by atomic mass is 32.1. The van der Waals surface area contributed by atoms with Crippen LogP contribution in [0.15, 0.2) is 43.1 Å². The molecule has 4 aromatic rings. The van der Waals surface area contributed by atoms with Crippen molar-refractivity contribution in [3.8, 4) is 11.3 Å². The lowest BCUT2D eigenvalue weighted by Crippen LogP contribution is -2.46. The minimum Gasteiger partial charge on any atom is -0.475 e. The fourth-order valence-corrected chi connectivity index (χ4v) is 4.74. The van der Waals surface area contributed by atoms with Gasteiger partial charge in [-0.3, -0.25) is 14.0 Å². The molecule has 0 bridgehead atoms. The Labute approximate surface area is 238 Å². The minimum absolute atomic E-state index is 0.906. The number of anilines is 1. The van der Waals surface area contributed by atoms with E-state index in [2.05, 4.69) is 48.3 Å². The molecule has 228 valence electrons. The lowest BCUT2D eigenvalue weighted by molar-refractivity contribution is -0.193. The van der Waals surface area contributed by atoms with Crippen LogP contribution >= 0.6 is 11.3 Å². The Balaban J connectivity index is 0.000000289. The van der Waals surface area contributed by atoms with Gasteiger partial charge in [-0.05, 0) is 19.1 Å². The normalized spacial score (nSPS) is 14.1. The molecule has 0 saturated carbocycles. The van der Waals surface area contributed by atoms with Crippen molar-refractivity contribution < 1.29 is 46.1 Å². The summed E-state index contributed by atoms with van der Waals surface area (Å²) in [7, 11) is 1.93. The van der Waals surface area contributed by atoms with Crippen LogP contribution in [0.3, 0.4) is 0 Å². The number of imidazole rings is 1. The molecule has 18 heteroatoms. The molecular weight excluding hydrogens is 596 g/mol. The van der Waals surface area contributed by atoms with Gasteiger partial charge >= 0.3 is 24.3 Å². The Morgan fingerprint density at radius 1 is 0.952 bits per heavy atom. The van der Waals surface area contributed by atoms with E-state index in [1.54, 1.807) is 0 Å². The molecule has 0 unspecified atom stereocenters. The number of carbonyl (C=O) groups is 2. The molecule has 1 aliphatic heterocycles. The number of thiophene rings is 1. The van der Waals surface area contributed by atoms with Crippen molar-refractivity contribution in [2.45, 2.75) is 25.8 Å². The summed E-state index contributed by atoms with van der Waals surface area (Å²) in [5.74, 6) is -4.55. The van der Waals surface area contributed by atoms with Crippen LogP contribution in [0, 0.1) is 6.92 Å². The van der Waals surface area contributed by atoms with Gasteiger partial charge in [-0.2, -0.15) is 31.4 Å². The molecular formula is C24H25F6N7O4S. The molecule has 5 heterocycles. The Bertz CT molecular complexity index is 1480. The van der Waals surface area contributed by atoms with E-state index in [0.29, 0.717) is 0 Å². The molecule has 0 spiro atoms. The van der Waals surface area contributed by atoms with Gasteiger partial charge in [0, 0.05) is 73.7 Å². The Hall–Kier alpha value is -4.19. The number of aryl methyl sites for hydroxylation is 2. The predicted molar refractivity (Wildman–Crippen MR) is 139 cm³/mol. The number of rotatable bonds is 4. The van der Waals surface area contributed by atoms with E-state index in [1.165, 1.54) is 9.75 Å². The Morgan fingerprint density at radius 2 is 1.55 bits per heavy atom. The second-order valence-electron chi connectivity index (χ2n) is 8.87. The van der Waals surface area contributed by atoms with Crippen molar-refractivity contribution in [1.82, 2.24) is 29.0 Å². The number of fused-ring (bicyclic) bond motifs is 1. The second kappa shape index (κ2) is 13.2. The van der Waals surface area contributed by atoms with E-state index < -0.39 is 24.3 Å². The maximum Gasteiger partial charge on any atom is 0.490 e. The average molecular weight is 622 g/mol. The molecule has 0 aromatic carbocycles. The van der Waals surface area contributed by atoms with E-state index in [0.717, 1.165) is 55.4 Å². The summed E-state index contributed by atoms with van der Waals surface area (Å²) < 4.78 is 67.4. The molecule has 1 saturated heterocycles. The number of carboxylic acid groups (broad SMARTS) is 2. The number of halogens is 6. The molecule has 0 aliphatic carbocycles. The zero-order valence-corrected chi connectivity index (χ0v) is 22.9. The predicted octanol–water partition coefficient (Wildman–Crippen LogP) is 4.09. The van der Waals surface area contributed by atoms with Crippen molar-refractivity contribution in [3.63, 3.8) is 0 Å². The standard InChI is InChI=1S/C20H23N7S.2C2HF3O2/c1-15-3-4-17(28-15)14-25-7-9-26(10-8-25)19-20-22-12-18(27(20)6-5-21-19)16-11-23-24(2)13-16;2*3-2(4,5)1(6)7/h3-6,11-13H,7-10,14H2,1-2H3;2*(H,6,7). The monoisotopic (exact) mass is 621 g/mol. The summed E-state index contributed by atoms with van der Waals surface area (Å²) in [6, 6.07) is 4.46. The molecule has 42 heavy (non-hydrogen) atoms. The summed E-state index contributed by atoms with van der Waals surface area (Å²) in [4.78, 5) is 34.8. The third kappa shape index (κ3) is 8.65. The number of hydrogen-bond donors (Lipinski definition) is 2. The summed E-state index contributed by atoms with van der Waals surface area (Å²) in [6.07, 6.45) is -0.537. The van der Waals surface area contributed by atoms with E-state index in [9.17, 15) is 26.3 Å². The number of nitrogens with zero attached hydrogens (tertiary/aromatic N) is 7. The summed E-state index contributed by atoms with van der Waals surface area (Å²) >= 11 is 1.90. The molecule has 5 rings (SSSR count). The molecule has 11 nitrogen and oxygen atoms in total. The van der Waals surface area contributed by atoms with E-state index >= 15 is 0 Å². The number of carboxylic acids is 2. The highest BCUT2D eigenvalue weighted by molar-refractivity contribution is 7.11. The maximum absolute atomic E-state index is 10.6. The van der Waals surface area contributed by atoms with Gasteiger partial charge in [-0.15, -0.1) is 11.3 Å². The van der Waals surface area contributed by atoms with Crippen LogP contribution < -0.4 is 4.90 Å². The van der Waals surface area contributed by atoms with Crippen molar-refractivity contribution >= 4 is 34.7 Å². The van der Waals surface area contributed by atoms with E-state index in [1.807, 2.05) is 54.1 Å². The third-order valence-corrected chi connectivity index (χ3v) is 6.73. The topological polar surface area (TPSA) is 129 Å². The molecule has 2 N–H and O–H groups in total. The Kier molecular flexibility index (Phi) is 10.2. The lowest BCUT2D eigenvalue weighted by Gasteiger charge is -2.35. The van der Waals surface area contributed by atoms with Crippen molar-refractivity contribution in [2.75, 3.05) is 31.1 Å². The van der Waals surface area contributed by atoms with Gasteiger partial charge in [0.15, 0.2) is 11.5 Å². The highest BCUT2D eigenvalue weighted by Gasteiger charge is 2.38. The molecule has 0 radical (unpaired) electrons. The van der Waals surface area contributed by atoms with Gasteiger partial charge in [-0.1, -0.05) is 0 Å². The number of aromatic nitrogens is 5. The number of aliphatic carboxylic acids is 2. The smallest absolute Gasteiger partial charge is 0.475 e. The van der Waals surface area contributed by atoms with Crippen LogP contribution in [-0.2, 0) is 23.2 Å². The first-order valence-electron chi connectivity index (χ1n) is 12.0. The first-order valence-corrected chi connectivity index (χ1v) is 12.8. The summed E-state index contributed by atoms with van der Waals surface area (Å²) in [5.41, 5.74) is 3.00. The van der Waals surface area contributed by atoms with Crippen LogP contribution in [0.5, 0.6) is 0 Å². The van der Waals surface area contributed by atoms with Gasteiger partial charge in [0.1, 0.15) is 0 Å². The van der Waals surface area contributed by atoms with Gasteiger partial charge in [0.2, 0.25) is 0 Å².